The van der Waals surface area contributed by atoms with Crippen LogP contribution in [0.5, 0.6) is 0 Å². The van der Waals surface area contributed by atoms with Crippen LogP contribution in [-0.2, 0) is 13.1 Å². The quantitative estimate of drug-likeness (QED) is 0.757. The van der Waals surface area contributed by atoms with Gasteiger partial charge in [0.15, 0.2) is 11.2 Å². The summed E-state index contributed by atoms with van der Waals surface area (Å²) in [5, 5.41) is 2.99. The standard InChI is InChI=1S/C10H11N5O/c1-3-14-5-11-7-8(14)13-10-12-6(2)4-15(10)9(7)16/h5H,2-4H2,1H3,(H,12,13). The molecule has 0 saturated carbocycles. The first-order valence-corrected chi connectivity index (χ1v) is 5.11. The lowest BCUT2D eigenvalue weighted by Crippen LogP contribution is -2.19. The summed E-state index contributed by atoms with van der Waals surface area (Å²) < 4.78 is 3.40. The van der Waals surface area contributed by atoms with Gasteiger partial charge in [-0.15, -0.1) is 0 Å². The molecule has 0 bridgehead atoms. The molecule has 6 nitrogen and oxygen atoms in total. The molecule has 0 unspecified atom stereocenters. The maximum absolute atomic E-state index is 12.1. The van der Waals surface area contributed by atoms with Crippen LogP contribution in [0.15, 0.2) is 23.4 Å². The third-order valence-corrected chi connectivity index (χ3v) is 2.70. The van der Waals surface area contributed by atoms with Crippen molar-refractivity contribution in [2.24, 2.45) is 0 Å². The molecular weight excluding hydrogens is 206 g/mol. The summed E-state index contributed by atoms with van der Waals surface area (Å²) in [4.78, 5) is 20.6. The lowest BCUT2D eigenvalue weighted by molar-refractivity contribution is 0.770. The fraction of sp³-hybridized carbons (Fsp3) is 0.300. The third-order valence-electron chi connectivity index (χ3n) is 2.70. The van der Waals surface area contributed by atoms with Crippen molar-refractivity contribution in [2.75, 3.05) is 5.32 Å². The maximum atomic E-state index is 12.1. The summed E-state index contributed by atoms with van der Waals surface area (Å²) in [5.74, 6) is 0.553. The highest BCUT2D eigenvalue weighted by Gasteiger charge is 2.20. The van der Waals surface area contributed by atoms with Crippen molar-refractivity contribution in [1.29, 1.82) is 0 Å². The second kappa shape index (κ2) is 2.94. The molecular formula is C10H11N5O. The van der Waals surface area contributed by atoms with E-state index < -0.39 is 0 Å². The van der Waals surface area contributed by atoms with Crippen LogP contribution in [0.2, 0.25) is 0 Å². The van der Waals surface area contributed by atoms with Crippen LogP contribution >= 0.6 is 0 Å². The number of nitrogens with zero attached hydrogens (tertiary/aromatic N) is 4. The zero-order chi connectivity index (χ0) is 11.3. The van der Waals surface area contributed by atoms with Gasteiger partial charge in [0, 0.05) is 12.2 Å². The second-order valence-corrected chi connectivity index (χ2v) is 3.76. The van der Waals surface area contributed by atoms with Gasteiger partial charge in [-0.3, -0.25) is 9.36 Å². The van der Waals surface area contributed by atoms with Gasteiger partial charge in [-0.1, -0.05) is 6.58 Å². The van der Waals surface area contributed by atoms with E-state index in [-0.39, 0.29) is 5.56 Å². The molecule has 3 rings (SSSR count). The van der Waals surface area contributed by atoms with Crippen molar-refractivity contribution >= 4 is 17.1 Å². The summed E-state index contributed by atoms with van der Waals surface area (Å²) >= 11 is 0. The first-order valence-electron chi connectivity index (χ1n) is 5.11. The molecule has 0 atom stereocenters. The third kappa shape index (κ3) is 1.04. The lowest BCUT2D eigenvalue weighted by Gasteiger charge is -2.02. The van der Waals surface area contributed by atoms with Crippen molar-refractivity contribution in [1.82, 2.24) is 19.1 Å². The Kier molecular flexibility index (Phi) is 1.68. The zero-order valence-electron chi connectivity index (χ0n) is 8.90. The highest BCUT2D eigenvalue weighted by atomic mass is 16.1. The van der Waals surface area contributed by atoms with Gasteiger partial charge in [-0.25, -0.2) is 4.98 Å². The topological polar surface area (TPSA) is 64.7 Å². The first-order chi connectivity index (χ1) is 7.70. The van der Waals surface area contributed by atoms with Crippen molar-refractivity contribution in [3.05, 3.63) is 29.0 Å². The summed E-state index contributed by atoms with van der Waals surface area (Å²) in [5.41, 5.74) is 1.71. The Bertz CT molecular complexity index is 651. The Morgan fingerprint density at radius 1 is 1.62 bits per heavy atom. The lowest BCUT2D eigenvalue weighted by atomic mass is 10.5. The number of imidazole rings is 1. The molecule has 1 N–H and O–H groups in total. The average Bonchev–Trinajstić information content (AvgIpc) is 2.81. The number of fused-ring (bicyclic) bond motifs is 2. The molecule has 0 aliphatic carbocycles. The SMILES string of the molecule is C=C1Cn2c(nc3c(ncn3CC)c2=O)N1. The predicted octanol–water partition coefficient (Wildman–Crippen LogP) is 0.552. The summed E-state index contributed by atoms with van der Waals surface area (Å²) in [7, 11) is 0. The van der Waals surface area contributed by atoms with E-state index in [4.69, 9.17) is 0 Å². The van der Waals surface area contributed by atoms with E-state index in [1.54, 1.807) is 10.9 Å². The highest BCUT2D eigenvalue weighted by molar-refractivity contribution is 5.72. The van der Waals surface area contributed by atoms with E-state index in [2.05, 4.69) is 21.9 Å². The fourth-order valence-electron chi connectivity index (χ4n) is 1.89. The van der Waals surface area contributed by atoms with Crippen LogP contribution in [0.25, 0.3) is 11.2 Å². The minimum atomic E-state index is -0.113. The number of aryl methyl sites for hydroxylation is 1. The van der Waals surface area contributed by atoms with E-state index in [1.165, 1.54) is 0 Å². The van der Waals surface area contributed by atoms with Crippen molar-refractivity contribution in [2.45, 2.75) is 20.0 Å². The summed E-state index contributed by atoms with van der Waals surface area (Å²) in [6.45, 7) is 6.99. The highest BCUT2D eigenvalue weighted by Crippen LogP contribution is 2.17. The molecule has 3 heterocycles. The number of hydrogen-bond acceptors (Lipinski definition) is 4. The Balaban J connectivity index is 2.39. The Morgan fingerprint density at radius 3 is 3.19 bits per heavy atom. The number of aromatic nitrogens is 4. The number of rotatable bonds is 1. The molecule has 0 amide bonds. The van der Waals surface area contributed by atoms with Gasteiger partial charge in [0.25, 0.3) is 5.56 Å². The van der Waals surface area contributed by atoms with Crippen LogP contribution < -0.4 is 10.9 Å². The monoisotopic (exact) mass is 217 g/mol. The smallest absolute Gasteiger partial charge is 0.283 e. The normalized spacial score (nSPS) is 14.2. The van der Waals surface area contributed by atoms with Gasteiger partial charge in [0.1, 0.15) is 0 Å². The molecule has 1 aliphatic heterocycles. The van der Waals surface area contributed by atoms with Gasteiger partial charge in [-0.05, 0) is 6.92 Å². The molecule has 0 spiro atoms. The average molecular weight is 217 g/mol. The second-order valence-electron chi connectivity index (χ2n) is 3.76. The van der Waals surface area contributed by atoms with Gasteiger partial charge < -0.3 is 9.88 Å². The van der Waals surface area contributed by atoms with E-state index in [9.17, 15) is 4.79 Å². The van der Waals surface area contributed by atoms with Crippen LogP contribution in [0.1, 0.15) is 6.92 Å². The van der Waals surface area contributed by atoms with Crippen LogP contribution in [0.4, 0.5) is 5.95 Å². The van der Waals surface area contributed by atoms with E-state index >= 15 is 0 Å². The van der Waals surface area contributed by atoms with Crippen LogP contribution in [-0.4, -0.2) is 19.1 Å². The Labute approximate surface area is 91.2 Å². The minimum absolute atomic E-state index is 0.113. The van der Waals surface area contributed by atoms with Gasteiger partial charge in [0.05, 0.1) is 12.9 Å². The van der Waals surface area contributed by atoms with Crippen LogP contribution in [0, 0.1) is 0 Å². The molecule has 6 heteroatoms. The molecule has 82 valence electrons. The number of anilines is 1. The number of hydrogen-bond donors (Lipinski definition) is 1. The molecule has 16 heavy (non-hydrogen) atoms. The molecule has 0 saturated heterocycles. The molecule has 2 aromatic rings. The van der Waals surface area contributed by atoms with E-state index in [1.807, 2.05) is 11.5 Å². The van der Waals surface area contributed by atoms with Crippen molar-refractivity contribution < 1.29 is 0 Å². The van der Waals surface area contributed by atoms with Gasteiger partial charge >= 0.3 is 0 Å². The van der Waals surface area contributed by atoms with Crippen LogP contribution in [0.3, 0.4) is 0 Å². The minimum Gasteiger partial charge on any atom is -0.328 e. The number of nitrogens with one attached hydrogen (secondary N) is 1. The maximum Gasteiger partial charge on any atom is 0.283 e. The number of allylic oxidation sites excluding steroid dienone is 1. The molecule has 0 fully saturated rings. The molecule has 0 radical (unpaired) electrons. The van der Waals surface area contributed by atoms with Gasteiger partial charge in [0.2, 0.25) is 5.95 Å². The summed E-state index contributed by atoms with van der Waals surface area (Å²) in [6.07, 6.45) is 1.64. The Hall–Kier alpha value is -2.11. The first kappa shape index (κ1) is 9.14. The predicted molar refractivity (Wildman–Crippen MR) is 60.2 cm³/mol. The molecule has 1 aliphatic rings. The molecule has 0 aromatic carbocycles. The van der Waals surface area contributed by atoms with E-state index in [0.717, 1.165) is 12.2 Å². The Morgan fingerprint density at radius 2 is 2.44 bits per heavy atom. The summed E-state index contributed by atoms with van der Waals surface area (Å²) in [6, 6.07) is 0. The van der Waals surface area contributed by atoms with Crippen molar-refractivity contribution in [3.8, 4) is 0 Å². The van der Waals surface area contributed by atoms with E-state index in [0.29, 0.717) is 23.7 Å². The molecule has 2 aromatic heterocycles. The van der Waals surface area contributed by atoms with Crippen molar-refractivity contribution in [3.63, 3.8) is 0 Å². The van der Waals surface area contributed by atoms with Gasteiger partial charge in [-0.2, -0.15) is 4.98 Å². The fourth-order valence-corrected chi connectivity index (χ4v) is 1.89. The zero-order valence-corrected chi connectivity index (χ0v) is 8.90. The largest absolute Gasteiger partial charge is 0.328 e.